The molecule has 0 saturated carbocycles. The van der Waals surface area contributed by atoms with Gasteiger partial charge in [-0.3, -0.25) is 4.79 Å². The van der Waals surface area contributed by atoms with Gasteiger partial charge in [-0.1, -0.05) is 24.3 Å². The molecule has 5 rings (SSSR count). The van der Waals surface area contributed by atoms with Crippen LogP contribution in [-0.2, 0) is 27.4 Å². The van der Waals surface area contributed by atoms with Gasteiger partial charge in [0.05, 0.1) is 37.7 Å². The highest BCUT2D eigenvalue weighted by Gasteiger charge is 2.41. The number of amides is 1. The van der Waals surface area contributed by atoms with Crippen LogP contribution in [-0.4, -0.2) is 99.3 Å². The Labute approximate surface area is 278 Å². The van der Waals surface area contributed by atoms with Crippen LogP contribution >= 0.6 is 0 Å². The molecule has 1 aliphatic heterocycles. The number of ether oxygens (including phenoxy) is 2. The molecule has 1 fully saturated rings. The van der Waals surface area contributed by atoms with E-state index in [0.717, 1.165) is 48.6 Å². The van der Waals surface area contributed by atoms with Gasteiger partial charge in [0.2, 0.25) is 16.0 Å². The highest BCUT2D eigenvalue weighted by atomic mass is 32.2. The van der Waals surface area contributed by atoms with Crippen molar-refractivity contribution in [2.45, 2.75) is 43.6 Å². The second kappa shape index (κ2) is 14.6. The number of piperidine rings is 1. The number of benzene rings is 2. The number of nitrogens with zero attached hydrogens (tertiary/aromatic N) is 4. The minimum absolute atomic E-state index is 0.0241. The summed E-state index contributed by atoms with van der Waals surface area (Å²) in [6.07, 6.45) is -1.18. The van der Waals surface area contributed by atoms with Crippen LogP contribution in [0, 0.1) is 0 Å². The maximum atomic E-state index is 14.2. The van der Waals surface area contributed by atoms with Crippen molar-refractivity contribution in [3.63, 3.8) is 0 Å². The number of fused-ring (bicyclic) bond motifs is 1. The summed E-state index contributed by atoms with van der Waals surface area (Å²) >= 11 is 0. The number of alkyl halides is 3. The van der Waals surface area contributed by atoms with Crippen molar-refractivity contribution in [1.29, 1.82) is 0 Å². The van der Waals surface area contributed by atoms with Gasteiger partial charge in [0.15, 0.2) is 0 Å². The summed E-state index contributed by atoms with van der Waals surface area (Å²) in [5.41, 5.74) is 1.10. The second-order valence-electron chi connectivity index (χ2n) is 12.0. The first-order valence-electron chi connectivity index (χ1n) is 15.5. The van der Waals surface area contributed by atoms with Crippen molar-refractivity contribution >= 4 is 33.4 Å². The minimum atomic E-state index is -4.79. The summed E-state index contributed by atoms with van der Waals surface area (Å²) in [7, 11) is 0.786. The zero-order valence-corrected chi connectivity index (χ0v) is 28.0. The molecule has 0 radical (unpaired) electrons. The Morgan fingerprint density at radius 1 is 1.12 bits per heavy atom. The molecule has 1 saturated heterocycles. The lowest BCUT2D eigenvalue weighted by atomic mass is 10.0. The molecule has 12 nitrogen and oxygen atoms in total. The lowest BCUT2D eigenvalue weighted by Gasteiger charge is -2.32. The summed E-state index contributed by atoms with van der Waals surface area (Å²) in [4.78, 5) is 23.4. The van der Waals surface area contributed by atoms with Crippen molar-refractivity contribution < 1.29 is 35.9 Å². The van der Waals surface area contributed by atoms with Gasteiger partial charge in [0.25, 0.3) is 5.91 Å². The third-order valence-electron chi connectivity index (χ3n) is 8.77. The molecule has 3 N–H and O–H groups in total. The fraction of sp³-hybridized carbons (Fsp3) is 0.469. The molecule has 3 aromatic rings. The molecule has 0 spiro atoms. The third-order valence-corrected chi connectivity index (χ3v) is 10.0. The van der Waals surface area contributed by atoms with Gasteiger partial charge in [-0.15, -0.1) is 0 Å². The summed E-state index contributed by atoms with van der Waals surface area (Å²) < 4.78 is 79.3. The predicted octanol–water partition coefficient (Wildman–Crippen LogP) is 4.06. The molecule has 0 unspecified atom stereocenters. The number of likely N-dealkylation sites (tertiary alicyclic amines) is 1. The number of carbonyl (C=O) groups excluding carboxylic acids is 1. The number of nitrogens with one attached hydrogen (secondary N) is 3. The van der Waals surface area contributed by atoms with Gasteiger partial charge in [-0.2, -0.15) is 22.5 Å². The van der Waals surface area contributed by atoms with E-state index in [1.807, 2.05) is 6.07 Å². The number of halogens is 3. The highest BCUT2D eigenvalue weighted by Crippen LogP contribution is 2.41. The smallest absolute Gasteiger partial charge is 0.421 e. The van der Waals surface area contributed by atoms with E-state index >= 15 is 0 Å². The summed E-state index contributed by atoms with van der Waals surface area (Å²) in [5.74, 6) is -0.674. The van der Waals surface area contributed by atoms with E-state index in [-0.39, 0.29) is 30.1 Å². The van der Waals surface area contributed by atoms with E-state index in [1.54, 1.807) is 37.4 Å². The Hall–Kier alpha value is -3.99. The maximum Gasteiger partial charge on any atom is 0.421 e. The van der Waals surface area contributed by atoms with Crippen molar-refractivity contribution in [2.75, 3.05) is 64.4 Å². The van der Waals surface area contributed by atoms with Gasteiger partial charge in [0, 0.05) is 51.6 Å². The van der Waals surface area contributed by atoms with Crippen LogP contribution in [0.4, 0.5) is 30.6 Å². The van der Waals surface area contributed by atoms with Crippen molar-refractivity contribution in [2.24, 2.45) is 0 Å². The molecule has 1 aromatic heterocycles. The average Bonchev–Trinajstić information content (AvgIpc) is 3.40. The standard InChI is InChI=1S/C32H40F3N7O5S/c1-41(48(4,44)45)28-23-8-6-5-7-20(23)17-26(28)38-29-24(32(33,34)35)19-36-31(40-29)39-25-10-9-21(18-27(25)47-3)30(43)37-22-11-13-42(14-12-22)15-16-46-2/h5-10,18-19,22,26,28H,11-17H2,1-4H3,(H,37,43)(H2,36,38,39,40)/t26-,28-/m1/s1. The Morgan fingerprint density at radius 2 is 1.85 bits per heavy atom. The zero-order chi connectivity index (χ0) is 34.6. The largest absolute Gasteiger partial charge is 0.495 e. The number of anilines is 3. The van der Waals surface area contributed by atoms with E-state index in [1.165, 1.54) is 20.2 Å². The van der Waals surface area contributed by atoms with E-state index in [4.69, 9.17) is 9.47 Å². The molecule has 48 heavy (non-hydrogen) atoms. The van der Waals surface area contributed by atoms with E-state index in [2.05, 4.69) is 30.8 Å². The topological polar surface area (TPSA) is 138 Å². The molecule has 2 atom stereocenters. The van der Waals surface area contributed by atoms with Crippen LogP contribution in [0.2, 0.25) is 0 Å². The van der Waals surface area contributed by atoms with Crippen molar-refractivity contribution in [3.05, 3.63) is 70.9 Å². The van der Waals surface area contributed by atoms with Crippen LogP contribution in [0.5, 0.6) is 5.75 Å². The van der Waals surface area contributed by atoms with Crippen LogP contribution in [0.3, 0.4) is 0 Å². The first-order valence-corrected chi connectivity index (χ1v) is 17.3. The number of methoxy groups -OCH3 is 2. The Morgan fingerprint density at radius 3 is 2.52 bits per heavy atom. The molecule has 16 heteroatoms. The Kier molecular flexibility index (Phi) is 10.8. The van der Waals surface area contributed by atoms with Gasteiger partial charge in [-0.25, -0.2) is 13.4 Å². The van der Waals surface area contributed by atoms with Crippen LogP contribution < -0.4 is 20.7 Å². The molecule has 2 aliphatic rings. The number of hydrogen-bond acceptors (Lipinski definition) is 10. The first kappa shape index (κ1) is 35.3. The van der Waals surface area contributed by atoms with E-state index in [0.29, 0.717) is 29.6 Å². The number of rotatable bonds is 12. The van der Waals surface area contributed by atoms with Crippen LogP contribution in [0.1, 0.15) is 45.9 Å². The first-order chi connectivity index (χ1) is 22.8. The summed E-state index contributed by atoms with van der Waals surface area (Å²) in [6.45, 7) is 3.21. The number of aromatic nitrogens is 2. The Bertz CT molecular complexity index is 1720. The van der Waals surface area contributed by atoms with Crippen molar-refractivity contribution in [3.8, 4) is 5.75 Å². The predicted molar refractivity (Wildman–Crippen MR) is 175 cm³/mol. The Balaban J connectivity index is 1.34. The second-order valence-corrected chi connectivity index (χ2v) is 14.0. The lowest BCUT2D eigenvalue weighted by molar-refractivity contribution is -0.137. The highest BCUT2D eigenvalue weighted by molar-refractivity contribution is 7.88. The monoisotopic (exact) mass is 691 g/mol. The van der Waals surface area contributed by atoms with Crippen LogP contribution in [0.25, 0.3) is 0 Å². The molecule has 2 aromatic carbocycles. The number of likely N-dealkylation sites (N-methyl/N-ethyl adjacent to an activating group) is 1. The van der Waals surface area contributed by atoms with E-state index < -0.39 is 39.7 Å². The normalized spacial score (nSPS) is 18.8. The quantitative estimate of drug-likeness (QED) is 0.255. The summed E-state index contributed by atoms with van der Waals surface area (Å²) in [5, 5.41) is 8.86. The SMILES string of the molecule is COCCN1CCC(NC(=O)c2ccc(Nc3ncc(C(F)(F)F)c(N[C@@H]4Cc5ccccc5[C@H]4N(C)S(C)(=O)=O)n3)c(OC)c2)CC1. The molecular formula is C32H40F3N7O5S. The summed E-state index contributed by atoms with van der Waals surface area (Å²) in [6, 6.07) is 10.3. The molecule has 1 aliphatic carbocycles. The van der Waals surface area contributed by atoms with E-state index in [9.17, 15) is 26.4 Å². The molecular weight excluding hydrogens is 651 g/mol. The fourth-order valence-corrected chi connectivity index (χ4v) is 6.81. The number of sulfonamides is 1. The number of carbonyl (C=O) groups is 1. The molecule has 1 amide bonds. The average molecular weight is 692 g/mol. The van der Waals surface area contributed by atoms with Gasteiger partial charge in [0.1, 0.15) is 17.1 Å². The zero-order valence-electron chi connectivity index (χ0n) is 27.2. The van der Waals surface area contributed by atoms with Gasteiger partial charge < -0.3 is 30.3 Å². The number of hydrogen-bond donors (Lipinski definition) is 3. The van der Waals surface area contributed by atoms with Crippen molar-refractivity contribution in [1.82, 2.24) is 24.5 Å². The lowest BCUT2D eigenvalue weighted by Crippen LogP contribution is -2.45. The van der Waals surface area contributed by atoms with Gasteiger partial charge >= 0.3 is 6.18 Å². The van der Waals surface area contributed by atoms with Gasteiger partial charge in [-0.05, 0) is 48.6 Å². The molecule has 0 bridgehead atoms. The minimum Gasteiger partial charge on any atom is -0.495 e. The maximum absolute atomic E-state index is 14.2. The molecule has 260 valence electrons. The molecule has 2 heterocycles. The third kappa shape index (κ3) is 8.17. The fourth-order valence-electron chi connectivity index (χ4n) is 6.14. The van der Waals surface area contributed by atoms with Crippen LogP contribution in [0.15, 0.2) is 48.7 Å².